The molecule has 0 spiro atoms. The third kappa shape index (κ3) is 3.21. The summed E-state index contributed by atoms with van der Waals surface area (Å²) < 4.78 is 1.98. The lowest BCUT2D eigenvalue weighted by molar-refractivity contribution is 0.785. The summed E-state index contributed by atoms with van der Waals surface area (Å²) in [6, 6.07) is 20.7. The van der Waals surface area contributed by atoms with Gasteiger partial charge in [-0.1, -0.05) is 48.5 Å². The molecule has 1 N–H and O–H groups in total. The van der Waals surface area contributed by atoms with Crippen LogP contribution in [0.25, 0.3) is 16.9 Å². The van der Waals surface area contributed by atoms with E-state index >= 15 is 0 Å². The van der Waals surface area contributed by atoms with E-state index in [2.05, 4.69) is 51.5 Å². The smallest absolute Gasteiger partial charge is 0.170 e. The molecule has 2 aromatic heterocycles. The van der Waals surface area contributed by atoms with Crippen molar-refractivity contribution in [2.45, 2.75) is 19.4 Å². The van der Waals surface area contributed by atoms with Crippen LogP contribution in [0.15, 0.2) is 73.3 Å². The highest BCUT2D eigenvalue weighted by molar-refractivity contribution is 5.84. The maximum atomic E-state index is 4.53. The zero-order valence-electron chi connectivity index (χ0n) is 14.0. The summed E-state index contributed by atoms with van der Waals surface area (Å²) in [6.45, 7) is 2.15. The average molecular weight is 329 g/mol. The minimum atomic E-state index is 0.238. The molecule has 2 aromatic carbocycles. The third-order valence-corrected chi connectivity index (χ3v) is 4.14. The number of hydrogen-bond acceptors (Lipinski definition) is 4. The van der Waals surface area contributed by atoms with Crippen molar-refractivity contribution in [1.29, 1.82) is 0 Å². The largest absolute Gasteiger partial charge is 0.365 e. The summed E-state index contributed by atoms with van der Waals surface area (Å²) in [5, 5.41) is 3.47. The minimum Gasteiger partial charge on any atom is -0.365 e. The zero-order chi connectivity index (χ0) is 17.1. The van der Waals surface area contributed by atoms with E-state index in [9.17, 15) is 0 Å². The van der Waals surface area contributed by atoms with Gasteiger partial charge in [-0.2, -0.15) is 0 Å². The van der Waals surface area contributed by atoms with Gasteiger partial charge in [0.2, 0.25) is 0 Å². The zero-order valence-corrected chi connectivity index (χ0v) is 14.0. The second-order valence-electron chi connectivity index (χ2n) is 6.08. The number of anilines is 1. The average Bonchev–Trinajstić information content (AvgIpc) is 3.08. The van der Waals surface area contributed by atoms with E-state index in [1.807, 2.05) is 41.0 Å². The van der Waals surface area contributed by atoms with Gasteiger partial charge in [0, 0.05) is 11.7 Å². The van der Waals surface area contributed by atoms with Crippen LogP contribution in [-0.2, 0) is 6.42 Å². The number of nitrogens with one attached hydrogen (secondary N) is 1. The first kappa shape index (κ1) is 15.3. The Morgan fingerprint density at radius 1 is 0.920 bits per heavy atom. The van der Waals surface area contributed by atoms with Crippen LogP contribution in [0, 0.1) is 0 Å². The molecule has 0 fully saturated rings. The molecule has 25 heavy (non-hydrogen) atoms. The predicted octanol–water partition coefficient (Wildman–Crippen LogP) is 3.86. The van der Waals surface area contributed by atoms with Crippen LogP contribution in [0.2, 0.25) is 0 Å². The molecular formula is C20H19N5. The quantitative estimate of drug-likeness (QED) is 0.604. The van der Waals surface area contributed by atoms with Gasteiger partial charge >= 0.3 is 0 Å². The Bertz CT molecular complexity index is 963. The maximum absolute atomic E-state index is 4.53. The summed E-state index contributed by atoms with van der Waals surface area (Å²) in [7, 11) is 0. The van der Waals surface area contributed by atoms with Gasteiger partial charge in [0.05, 0.1) is 0 Å². The normalized spacial score (nSPS) is 12.2. The van der Waals surface area contributed by atoms with Crippen LogP contribution in [0.3, 0.4) is 0 Å². The Morgan fingerprint density at radius 3 is 2.40 bits per heavy atom. The number of para-hydroxylation sites is 1. The van der Waals surface area contributed by atoms with E-state index in [4.69, 9.17) is 0 Å². The monoisotopic (exact) mass is 329 g/mol. The Hall–Kier alpha value is -3.21. The lowest BCUT2D eigenvalue weighted by Crippen LogP contribution is -2.19. The molecule has 0 unspecified atom stereocenters. The fourth-order valence-corrected chi connectivity index (χ4v) is 2.97. The van der Waals surface area contributed by atoms with Crippen LogP contribution in [0.1, 0.15) is 12.5 Å². The van der Waals surface area contributed by atoms with Crippen LogP contribution in [0.5, 0.6) is 0 Å². The summed E-state index contributed by atoms with van der Waals surface area (Å²) in [5.41, 5.74) is 3.91. The number of fused-ring (bicyclic) bond motifs is 1. The van der Waals surface area contributed by atoms with E-state index in [-0.39, 0.29) is 6.04 Å². The van der Waals surface area contributed by atoms with Crippen molar-refractivity contribution in [3.05, 3.63) is 78.9 Å². The van der Waals surface area contributed by atoms with Gasteiger partial charge in [0.15, 0.2) is 17.0 Å². The molecule has 0 aliphatic carbocycles. The van der Waals surface area contributed by atoms with Crippen molar-refractivity contribution in [1.82, 2.24) is 19.5 Å². The Kier molecular flexibility index (Phi) is 4.12. The van der Waals surface area contributed by atoms with Gasteiger partial charge in [-0.05, 0) is 31.0 Å². The molecule has 2 heterocycles. The SMILES string of the molecule is C[C@@H](Cc1ccccc1)Nc1ncnc2c1ncn2-c1ccccc1. The molecule has 5 nitrogen and oxygen atoms in total. The first-order valence-corrected chi connectivity index (χ1v) is 8.35. The summed E-state index contributed by atoms with van der Waals surface area (Å²) in [6.07, 6.45) is 4.30. The molecule has 0 radical (unpaired) electrons. The highest BCUT2D eigenvalue weighted by Crippen LogP contribution is 2.21. The standard InChI is InChI=1S/C20H19N5/c1-15(12-16-8-4-2-5-9-16)24-19-18-20(22-13-21-19)25(14-23-18)17-10-6-3-7-11-17/h2-11,13-15H,12H2,1H3,(H,21,22,24)/t15-/m0/s1. The van der Waals surface area contributed by atoms with E-state index in [1.165, 1.54) is 5.56 Å². The minimum absolute atomic E-state index is 0.238. The molecule has 0 aliphatic rings. The maximum Gasteiger partial charge on any atom is 0.170 e. The van der Waals surface area contributed by atoms with Gasteiger partial charge < -0.3 is 5.32 Å². The topological polar surface area (TPSA) is 55.6 Å². The fourth-order valence-electron chi connectivity index (χ4n) is 2.97. The van der Waals surface area contributed by atoms with Gasteiger partial charge in [0.1, 0.15) is 12.7 Å². The molecular weight excluding hydrogens is 310 g/mol. The molecule has 5 heteroatoms. The molecule has 0 aliphatic heterocycles. The van der Waals surface area contributed by atoms with Crippen molar-refractivity contribution in [2.75, 3.05) is 5.32 Å². The molecule has 0 saturated carbocycles. The van der Waals surface area contributed by atoms with Crippen molar-refractivity contribution in [3.63, 3.8) is 0 Å². The van der Waals surface area contributed by atoms with Gasteiger partial charge in [0.25, 0.3) is 0 Å². The summed E-state index contributed by atoms with van der Waals surface area (Å²) in [4.78, 5) is 13.3. The van der Waals surface area contributed by atoms with Crippen molar-refractivity contribution in [2.24, 2.45) is 0 Å². The Labute approximate surface area is 146 Å². The number of nitrogens with zero attached hydrogens (tertiary/aromatic N) is 4. The fraction of sp³-hybridized carbons (Fsp3) is 0.150. The second-order valence-corrected chi connectivity index (χ2v) is 6.08. The van der Waals surface area contributed by atoms with Crippen LogP contribution >= 0.6 is 0 Å². The highest BCUT2D eigenvalue weighted by Gasteiger charge is 2.13. The molecule has 124 valence electrons. The number of hydrogen-bond donors (Lipinski definition) is 1. The van der Waals surface area contributed by atoms with Gasteiger partial charge in [-0.3, -0.25) is 4.57 Å². The van der Waals surface area contributed by atoms with Gasteiger partial charge in [-0.25, -0.2) is 15.0 Å². The molecule has 0 saturated heterocycles. The Morgan fingerprint density at radius 2 is 1.64 bits per heavy atom. The number of imidazole rings is 1. The predicted molar refractivity (Wildman–Crippen MR) is 99.9 cm³/mol. The number of benzene rings is 2. The molecule has 4 aromatic rings. The molecule has 4 rings (SSSR count). The van der Waals surface area contributed by atoms with Crippen LogP contribution < -0.4 is 5.32 Å². The van der Waals surface area contributed by atoms with Crippen molar-refractivity contribution < 1.29 is 0 Å². The highest BCUT2D eigenvalue weighted by atomic mass is 15.1. The second kappa shape index (κ2) is 6.73. The third-order valence-electron chi connectivity index (χ3n) is 4.14. The number of rotatable bonds is 5. The van der Waals surface area contributed by atoms with E-state index in [0.29, 0.717) is 0 Å². The van der Waals surface area contributed by atoms with Crippen molar-refractivity contribution >= 4 is 17.0 Å². The van der Waals surface area contributed by atoms with Crippen LogP contribution in [-0.4, -0.2) is 25.6 Å². The molecule has 1 atom stereocenters. The summed E-state index contributed by atoms with van der Waals surface area (Å²) >= 11 is 0. The number of aromatic nitrogens is 4. The molecule has 0 bridgehead atoms. The summed E-state index contributed by atoms with van der Waals surface area (Å²) in [5.74, 6) is 0.767. The first-order valence-electron chi connectivity index (χ1n) is 8.35. The lowest BCUT2D eigenvalue weighted by Gasteiger charge is -2.14. The first-order chi connectivity index (χ1) is 12.3. The van der Waals surface area contributed by atoms with E-state index < -0.39 is 0 Å². The van der Waals surface area contributed by atoms with E-state index in [1.54, 1.807) is 12.7 Å². The Balaban J connectivity index is 1.61. The lowest BCUT2D eigenvalue weighted by atomic mass is 10.1. The van der Waals surface area contributed by atoms with E-state index in [0.717, 1.165) is 29.1 Å². The van der Waals surface area contributed by atoms with Crippen molar-refractivity contribution in [3.8, 4) is 5.69 Å². The van der Waals surface area contributed by atoms with Gasteiger partial charge in [-0.15, -0.1) is 0 Å². The van der Waals surface area contributed by atoms with Crippen LogP contribution in [0.4, 0.5) is 5.82 Å². The molecule has 0 amide bonds.